The molecule has 7 heteroatoms. The van der Waals surface area contributed by atoms with E-state index in [-0.39, 0.29) is 10.6 Å². The lowest BCUT2D eigenvalue weighted by Crippen LogP contribution is -2.04. The molecule has 2 rings (SSSR count). The first kappa shape index (κ1) is 13.5. The fourth-order valence-corrected chi connectivity index (χ4v) is 2.27. The van der Waals surface area contributed by atoms with Gasteiger partial charge in [-0.05, 0) is 25.1 Å². The number of aromatic amines is 1. The van der Waals surface area contributed by atoms with Crippen LogP contribution in [0.1, 0.15) is 11.5 Å². The molecule has 0 unspecified atom stereocenters. The maximum absolute atomic E-state index is 13.6. The Labute approximate surface area is 110 Å². The SMILES string of the molecule is Cc1ncc(CNc2cc(S(C)(=O)=O)ccc2F)[nH]1. The Bertz CT molecular complexity index is 695. The molecule has 0 aliphatic rings. The highest BCUT2D eigenvalue weighted by Gasteiger charge is 2.11. The number of halogens is 1. The van der Waals surface area contributed by atoms with Crippen LogP contribution in [0.25, 0.3) is 0 Å². The van der Waals surface area contributed by atoms with Crippen LogP contribution in [0.2, 0.25) is 0 Å². The van der Waals surface area contributed by atoms with Crippen molar-refractivity contribution in [2.24, 2.45) is 0 Å². The van der Waals surface area contributed by atoms with Crippen LogP contribution in [0.4, 0.5) is 10.1 Å². The van der Waals surface area contributed by atoms with E-state index >= 15 is 0 Å². The Morgan fingerprint density at radius 3 is 2.74 bits per heavy atom. The zero-order chi connectivity index (χ0) is 14.0. The third kappa shape index (κ3) is 3.31. The first-order chi connectivity index (χ1) is 8.86. The Morgan fingerprint density at radius 2 is 2.16 bits per heavy atom. The number of aryl methyl sites for hydroxylation is 1. The van der Waals surface area contributed by atoms with Crippen molar-refractivity contribution in [3.63, 3.8) is 0 Å². The summed E-state index contributed by atoms with van der Waals surface area (Å²) in [6.45, 7) is 2.15. The molecule has 0 spiro atoms. The van der Waals surface area contributed by atoms with E-state index in [2.05, 4.69) is 15.3 Å². The number of anilines is 1. The van der Waals surface area contributed by atoms with E-state index in [1.54, 1.807) is 6.20 Å². The summed E-state index contributed by atoms with van der Waals surface area (Å²) in [5, 5.41) is 2.84. The van der Waals surface area contributed by atoms with Crippen molar-refractivity contribution in [2.45, 2.75) is 18.4 Å². The summed E-state index contributed by atoms with van der Waals surface area (Å²) in [5.74, 6) is 0.269. The summed E-state index contributed by atoms with van der Waals surface area (Å²) in [5.41, 5.74) is 0.942. The molecule has 0 saturated heterocycles. The average Bonchev–Trinajstić information content (AvgIpc) is 2.72. The van der Waals surface area contributed by atoms with Crippen molar-refractivity contribution in [3.05, 3.63) is 41.7 Å². The minimum atomic E-state index is -3.35. The molecule has 0 amide bonds. The lowest BCUT2D eigenvalue weighted by molar-refractivity contribution is 0.600. The summed E-state index contributed by atoms with van der Waals surface area (Å²) in [6, 6.07) is 3.67. The van der Waals surface area contributed by atoms with Gasteiger partial charge >= 0.3 is 0 Å². The fraction of sp³-hybridized carbons (Fsp3) is 0.250. The zero-order valence-corrected chi connectivity index (χ0v) is 11.4. The number of nitrogens with zero attached hydrogens (tertiary/aromatic N) is 1. The summed E-state index contributed by atoms with van der Waals surface area (Å²) < 4.78 is 36.4. The first-order valence-electron chi connectivity index (χ1n) is 5.60. The van der Waals surface area contributed by atoms with Gasteiger partial charge in [0.15, 0.2) is 9.84 Å². The van der Waals surface area contributed by atoms with Gasteiger partial charge in [-0.1, -0.05) is 0 Å². The van der Waals surface area contributed by atoms with Gasteiger partial charge in [0.1, 0.15) is 11.6 Å². The second kappa shape index (κ2) is 5.00. The molecule has 2 aromatic rings. The molecule has 102 valence electrons. The Balaban J connectivity index is 2.20. The molecule has 5 nitrogen and oxygen atoms in total. The van der Waals surface area contributed by atoms with E-state index in [1.807, 2.05) is 6.92 Å². The number of nitrogens with one attached hydrogen (secondary N) is 2. The van der Waals surface area contributed by atoms with Crippen LogP contribution < -0.4 is 5.32 Å². The molecule has 19 heavy (non-hydrogen) atoms. The summed E-state index contributed by atoms with van der Waals surface area (Å²) in [7, 11) is -3.35. The van der Waals surface area contributed by atoms with Crippen molar-refractivity contribution < 1.29 is 12.8 Å². The van der Waals surface area contributed by atoms with E-state index < -0.39 is 15.7 Å². The number of rotatable bonds is 4. The van der Waals surface area contributed by atoms with E-state index in [9.17, 15) is 12.8 Å². The van der Waals surface area contributed by atoms with Crippen LogP contribution in [0.15, 0.2) is 29.3 Å². The number of imidazole rings is 1. The number of benzene rings is 1. The zero-order valence-electron chi connectivity index (χ0n) is 10.6. The highest BCUT2D eigenvalue weighted by Crippen LogP contribution is 2.20. The monoisotopic (exact) mass is 283 g/mol. The minimum absolute atomic E-state index is 0.0807. The topological polar surface area (TPSA) is 74.8 Å². The predicted molar refractivity (Wildman–Crippen MR) is 70.2 cm³/mol. The Hall–Kier alpha value is -1.89. The molecular weight excluding hydrogens is 269 g/mol. The van der Waals surface area contributed by atoms with E-state index in [0.29, 0.717) is 6.54 Å². The lowest BCUT2D eigenvalue weighted by atomic mass is 10.3. The smallest absolute Gasteiger partial charge is 0.175 e. The normalized spacial score (nSPS) is 11.5. The van der Waals surface area contributed by atoms with Gasteiger partial charge in [0, 0.05) is 6.26 Å². The Morgan fingerprint density at radius 1 is 1.42 bits per heavy atom. The summed E-state index contributed by atoms with van der Waals surface area (Å²) in [4.78, 5) is 7.10. The van der Waals surface area contributed by atoms with E-state index in [1.165, 1.54) is 12.1 Å². The van der Waals surface area contributed by atoms with Gasteiger partial charge in [-0.2, -0.15) is 0 Å². The molecule has 1 aromatic carbocycles. The molecule has 0 radical (unpaired) electrons. The van der Waals surface area contributed by atoms with Gasteiger partial charge in [-0.25, -0.2) is 17.8 Å². The molecule has 2 N–H and O–H groups in total. The van der Waals surface area contributed by atoms with Crippen LogP contribution >= 0.6 is 0 Å². The molecule has 0 atom stereocenters. The predicted octanol–water partition coefficient (Wildman–Crippen LogP) is 1.87. The second-order valence-electron chi connectivity index (χ2n) is 4.26. The van der Waals surface area contributed by atoms with Gasteiger partial charge in [0.25, 0.3) is 0 Å². The number of sulfone groups is 1. The van der Waals surface area contributed by atoms with Crippen molar-refractivity contribution in [2.75, 3.05) is 11.6 Å². The second-order valence-corrected chi connectivity index (χ2v) is 6.28. The van der Waals surface area contributed by atoms with Gasteiger partial charge in [-0.3, -0.25) is 0 Å². The van der Waals surface area contributed by atoms with Crippen molar-refractivity contribution >= 4 is 15.5 Å². The minimum Gasteiger partial charge on any atom is -0.377 e. The number of hydrogen-bond donors (Lipinski definition) is 2. The van der Waals surface area contributed by atoms with E-state index in [4.69, 9.17) is 0 Å². The van der Waals surface area contributed by atoms with Gasteiger partial charge in [0.2, 0.25) is 0 Å². The van der Waals surface area contributed by atoms with Crippen molar-refractivity contribution in [1.82, 2.24) is 9.97 Å². The number of H-pyrrole nitrogens is 1. The summed E-state index contributed by atoms with van der Waals surface area (Å²) in [6.07, 6.45) is 2.73. The van der Waals surface area contributed by atoms with Crippen LogP contribution in [0, 0.1) is 12.7 Å². The van der Waals surface area contributed by atoms with Gasteiger partial charge in [-0.15, -0.1) is 0 Å². The lowest BCUT2D eigenvalue weighted by Gasteiger charge is -2.08. The van der Waals surface area contributed by atoms with Gasteiger partial charge < -0.3 is 10.3 Å². The highest BCUT2D eigenvalue weighted by molar-refractivity contribution is 7.90. The maximum Gasteiger partial charge on any atom is 0.175 e. The molecule has 0 bridgehead atoms. The largest absolute Gasteiger partial charge is 0.377 e. The highest BCUT2D eigenvalue weighted by atomic mass is 32.2. The van der Waals surface area contributed by atoms with Crippen LogP contribution in [0.5, 0.6) is 0 Å². The molecule has 0 aliphatic carbocycles. The van der Waals surface area contributed by atoms with Crippen molar-refractivity contribution in [1.29, 1.82) is 0 Å². The van der Waals surface area contributed by atoms with E-state index in [0.717, 1.165) is 23.8 Å². The standard InChI is InChI=1S/C12H14FN3O2S/c1-8-14-6-9(16-8)7-15-12-5-10(19(2,17)18)3-4-11(12)13/h3-6,15H,7H2,1-2H3,(H,14,16). The van der Waals surface area contributed by atoms with Crippen LogP contribution in [0.3, 0.4) is 0 Å². The summed E-state index contributed by atoms with van der Waals surface area (Å²) >= 11 is 0. The molecule has 0 fully saturated rings. The maximum atomic E-state index is 13.6. The Kier molecular flexibility index (Phi) is 3.57. The average molecular weight is 283 g/mol. The number of hydrogen-bond acceptors (Lipinski definition) is 4. The fourth-order valence-electron chi connectivity index (χ4n) is 1.62. The van der Waals surface area contributed by atoms with Gasteiger partial charge in [0.05, 0.1) is 29.0 Å². The molecular formula is C12H14FN3O2S. The van der Waals surface area contributed by atoms with Crippen LogP contribution in [-0.4, -0.2) is 24.6 Å². The molecule has 1 aromatic heterocycles. The first-order valence-corrected chi connectivity index (χ1v) is 7.49. The number of aromatic nitrogens is 2. The third-order valence-corrected chi connectivity index (χ3v) is 3.70. The molecule has 1 heterocycles. The van der Waals surface area contributed by atoms with Crippen LogP contribution in [-0.2, 0) is 16.4 Å². The molecule has 0 saturated carbocycles. The van der Waals surface area contributed by atoms with Crippen molar-refractivity contribution in [3.8, 4) is 0 Å². The quantitative estimate of drug-likeness (QED) is 0.840. The molecule has 0 aliphatic heterocycles. The third-order valence-electron chi connectivity index (χ3n) is 2.59.